The molecule has 2 bridgehead atoms. The molecule has 194 valence electrons. The maximum Gasteiger partial charge on any atom is 0.273 e. The molecular formula is C23H28FN5O6S. The Morgan fingerprint density at radius 3 is 2.75 bits per heavy atom. The van der Waals surface area contributed by atoms with Gasteiger partial charge in [0.05, 0.1) is 18.9 Å². The van der Waals surface area contributed by atoms with Crippen molar-refractivity contribution in [2.75, 3.05) is 32.5 Å². The first-order valence-corrected chi connectivity index (χ1v) is 13.4. The summed E-state index contributed by atoms with van der Waals surface area (Å²) in [6.45, 7) is 4.35. The average molecular weight is 522 g/mol. The molecular weight excluding hydrogens is 493 g/mol. The van der Waals surface area contributed by atoms with Crippen LogP contribution >= 0.6 is 0 Å². The number of sulfonamides is 1. The quantitative estimate of drug-likeness (QED) is 0.581. The standard InChI is InChI=1S/C23H28FN5O6S/c1-4-27-11-13(2)29-18-17(20(30)19(29)23(27)32)22(31)28-12-14-6-7-15(24)10-16(14)35-8-5-9-36(33,34)26(3)21(18)25-28/h6-7,10,13,17-18,30H,4-5,8-9,11-12H2,1-3H3/t13-,17?,18?/m0/s1. The van der Waals surface area contributed by atoms with Gasteiger partial charge in [0.2, 0.25) is 10.0 Å². The maximum atomic E-state index is 13.9. The van der Waals surface area contributed by atoms with Crippen LogP contribution in [0, 0.1) is 11.7 Å². The van der Waals surface area contributed by atoms with Crippen molar-refractivity contribution >= 4 is 27.7 Å². The minimum Gasteiger partial charge on any atom is -0.509 e. The van der Waals surface area contributed by atoms with Crippen molar-refractivity contribution in [3.05, 3.63) is 41.0 Å². The minimum absolute atomic E-state index is 0.00517. The van der Waals surface area contributed by atoms with Crippen molar-refractivity contribution in [1.82, 2.24) is 19.1 Å². The van der Waals surface area contributed by atoms with E-state index in [0.717, 1.165) is 9.31 Å². The van der Waals surface area contributed by atoms with E-state index in [0.29, 0.717) is 18.7 Å². The summed E-state index contributed by atoms with van der Waals surface area (Å²) >= 11 is 0. The normalized spacial score (nSPS) is 28.0. The van der Waals surface area contributed by atoms with Gasteiger partial charge in [-0.05, 0) is 26.3 Å². The van der Waals surface area contributed by atoms with Gasteiger partial charge in [-0.2, -0.15) is 5.10 Å². The second-order valence-electron chi connectivity index (χ2n) is 9.35. The number of carbonyl (C=O) groups excluding carboxylic acids is 2. The molecule has 1 aromatic rings. The summed E-state index contributed by atoms with van der Waals surface area (Å²) < 4.78 is 47.1. The number of piperazine rings is 1. The molecule has 0 radical (unpaired) electrons. The van der Waals surface area contributed by atoms with Gasteiger partial charge in [-0.15, -0.1) is 0 Å². The van der Waals surface area contributed by atoms with E-state index in [2.05, 4.69) is 5.10 Å². The molecule has 2 amide bonds. The predicted molar refractivity (Wildman–Crippen MR) is 127 cm³/mol. The number of likely N-dealkylation sites (N-methyl/N-ethyl adjacent to an activating group) is 2. The minimum atomic E-state index is -3.89. The van der Waals surface area contributed by atoms with Crippen LogP contribution in [-0.4, -0.2) is 94.9 Å². The van der Waals surface area contributed by atoms with E-state index in [1.54, 1.807) is 9.80 Å². The summed E-state index contributed by atoms with van der Waals surface area (Å²) in [6.07, 6.45) is 0.144. The van der Waals surface area contributed by atoms with Gasteiger partial charge >= 0.3 is 0 Å². The molecule has 36 heavy (non-hydrogen) atoms. The van der Waals surface area contributed by atoms with Crippen LogP contribution in [0.15, 0.2) is 34.8 Å². The highest BCUT2D eigenvalue weighted by Crippen LogP contribution is 2.43. The molecule has 2 unspecified atom stereocenters. The first-order valence-electron chi connectivity index (χ1n) is 11.8. The van der Waals surface area contributed by atoms with E-state index in [4.69, 9.17) is 4.74 Å². The van der Waals surface area contributed by atoms with Gasteiger partial charge in [0, 0.05) is 37.8 Å². The van der Waals surface area contributed by atoms with Crippen LogP contribution in [0.2, 0.25) is 0 Å². The van der Waals surface area contributed by atoms with Crippen LogP contribution in [0.4, 0.5) is 4.39 Å². The number of ether oxygens (including phenoxy) is 1. The lowest BCUT2D eigenvalue weighted by molar-refractivity contribution is -0.139. The Kier molecular flexibility index (Phi) is 5.85. The van der Waals surface area contributed by atoms with Crippen molar-refractivity contribution in [3.8, 4) is 5.75 Å². The fourth-order valence-electron chi connectivity index (χ4n) is 5.29. The van der Waals surface area contributed by atoms with Crippen LogP contribution in [0.25, 0.3) is 0 Å². The lowest BCUT2D eigenvalue weighted by Crippen LogP contribution is -2.62. The molecule has 4 aliphatic heterocycles. The molecule has 4 heterocycles. The number of amides is 2. The van der Waals surface area contributed by atoms with Gasteiger partial charge in [-0.1, -0.05) is 6.07 Å². The van der Waals surface area contributed by atoms with Crippen LogP contribution in [-0.2, 0) is 26.2 Å². The molecule has 0 spiro atoms. The van der Waals surface area contributed by atoms with E-state index in [9.17, 15) is 27.5 Å². The highest BCUT2D eigenvalue weighted by molar-refractivity contribution is 7.89. The van der Waals surface area contributed by atoms with Gasteiger partial charge in [0.1, 0.15) is 35.0 Å². The highest BCUT2D eigenvalue weighted by Gasteiger charge is 2.58. The Morgan fingerprint density at radius 1 is 1.28 bits per heavy atom. The average Bonchev–Trinajstić information content (AvgIpc) is 3.15. The first kappa shape index (κ1) is 24.3. The number of fused-ring (bicyclic) bond motifs is 6. The molecule has 1 fully saturated rings. The number of aliphatic hydroxyl groups excluding tert-OH is 1. The zero-order valence-electron chi connectivity index (χ0n) is 20.2. The van der Waals surface area contributed by atoms with E-state index >= 15 is 0 Å². The Hall–Kier alpha value is -3.35. The number of benzene rings is 1. The summed E-state index contributed by atoms with van der Waals surface area (Å²) in [4.78, 5) is 30.1. The smallest absolute Gasteiger partial charge is 0.273 e. The number of aliphatic hydroxyl groups is 1. The molecule has 1 aromatic carbocycles. The number of hydrogen-bond donors (Lipinski definition) is 1. The zero-order valence-corrected chi connectivity index (χ0v) is 21.0. The number of amidine groups is 1. The summed E-state index contributed by atoms with van der Waals surface area (Å²) in [5.41, 5.74) is 0.469. The van der Waals surface area contributed by atoms with E-state index in [1.165, 1.54) is 25.2 Å². The third-order valence-electron chi connectivity index (χ3n) is 7.14. The van der Waals surface area contributed by atoms with Gasteiger partial charge < -0.3 is 19.6 Å². The Morgan fingerprint density at radius 2 is 2.03 bits per heavy atom. The molecule has 4 aliphatic rings. The molecule has 13 heteroatoms. The van der Waals surface area contributed by atoms with E-state index in [-0.39, 0.29) is 48.6 Å². The second-order valence-corrected chi connectivity index (χ2v) is 11.5. The maximum absolute atomic E-state index is 13.9. The largest absolute Gasteiger partial charge is 0.509 e. The molecule has 1 saturated heterocycles. The fraction of sp³-hybridized carbons (Fsp3) is 0.522. The number of halogens is 1. The van der Waals surface area contributed by atoms with Crippen LogP contribution in [0.5, 0.6) is 5.75 Å². The lowest BCUT2D eigenvalue weighted by atomic mass is 9.95. The number of hydrazone groups is 1. The Balaban J connectivity index is 1.67. The predicted octanol–water partition coefficient (Wildman–Crippen LogP) is 0.846. The van der Waals surface area contributed by atoms with Crippen LogP contribution in [0.1, 0.15) is 25.8 Å². The fourth-order valence-corrected chi connectivity index (χ4v) is 6.48. The van der Waals surface area contributed by atoms with E-state index < -0.39 is 45.4 Å². The van der Waals surface area contributed by atoms with Crippen molar-refractivity contribution in [3.63, 3.8) is 0 Å². The molecule has 1 N–H and O–H groups in total. The van der Waals surface area contributed by atoms with Crippen molar-refractivity contribution in [1.29, 1.82) is 0 Å². The summed E-state index contributed by atoms with van der Waals surface area (Å²) in [6, 6.07) is 2.63. The molecule has 0 saturated carbocycles. The third kappa shape index (κ3) is 3.67. The third-order valence-corrected chi connectivity index (χ3v) is 8.97. The van der Waals surface area contributed by atoms with Crippen LogP contribution in [0.3, 0.4) is 0 Å². The van der Waals surface area contributed by atoms with Gasteiger partial charge in [-0.3, -0.25) is 13.9 Å². The first-order chi connectivity index (χ1) is 17.0. The molecule has 11 nitrogen and oxygen atoms in total. The van der Waals surface area contributed by atoms with Crippen molar-refractivity contribution in [2.45, 2.75) is 38.9 Å². The zero-order chi connectivity index (χ0) is 25.9. The van der Waals surface area contributed by atoms with Crippen LogP contribution < -0.4 is 4.74 Å². The number of rotatable bonds is 1. The number of hydrogen-bond acceptors (Lipinski definition) is 8. The molecule has 0 aliphatic carbocycles. The van der Waals surface area contributed by atoms with Gasteiger partial charge in [-0.25, -0.2) is 17.8 Å². The number of nitrogens with zero attached hydrogens (tertiary/aromatic N) is 5. The number of carbonyl (C=O) groups is 2. The summed E-state index contributed by atoms with van der Waals surface area (Å²) in [5.74, 6) is -3.22. The monoisotopic (exact) mass is 521 g/mol. The molecule has 5 rings (SSSR count). The van der Waals surface area contributed by atoms with Gasteiger partial charge in [0.15, 0.2) is 5.84 Å². The van der Waals surface area contributed by atoms with Crippen molar-refractivity contribution < 1.29 is 32.2 Å². The topological polar surface area (TPSA) is 123 Å². The second kappa shape index (κ2) is 8.64. The van der Waals surface area contributed by atoms with Crippen molar-refractivity contribution in [2.24, 2.45) is 11.0 Å². The lowest BCUT2D eigenvalue weighted by Gasteiger charge is -2.45. The SMILES string of the molecule is CCN1C[C@H](C)N2C(=C(O)C3C(=O)N4Cc5ccc(F)cc5OCCCS(=O)(=O)N(C)C(=N4)C32)C1=O. The van der Waals surface area contributed by atoms with E-state index in [1.807, 2.05) is 13.8 Å². The Bertz CT molecular complexity index is 1300. The summed E-state index contributed by atoms with van der Waals surface area (Å²) in [7, 11) is -2.53. The van der Waals surface area contributed by atoms with Gasteiger partial charge in [0.25, 0.3) is 11.8 Å². The molecule has 0 aromatic heterocycles. The summed E-state index contributed by atoms with van der Waals surface area (Å²) in [5, 5.41) is 16.7. The highest BCUT2D eigenvalue weighted by atomic mass is 32.2. The molecule has 3 atom stereocenters. The Labute approximate surface area is 208 Å².